The molecule has 0 aliphatic carbocycles. The van der Waals surface area contributed by atoms with E-state index in [2.05, 4.69) is 20.3 Å². The Kier molecular flexibility index (Phi) is 4.49. The molecule has 0 unspecified atom stereocenters. The van der Waals surface area contributed by atoms with Crippen LogP contribution in [0.4, 0.5) is 4.39 Å². The van der Waals surface area contributed by atoms with Crippen LogP contribution in [0.1, 0.15) is 11.5 Å². The molecule has 4 rings (SSSR count). The number of hydrogen-bond donors (Lipinski definition) is 0. The molecule has 0 radical (unpaired) electrons. The van der Waals surface area contributed by atoms with E-state index in [4.69, 9.17) is 8.94 Å². The van der Waals surface area contributed by atoms with E-state index < -0.39 is 0 Å². The molecule has 0 aliphatic rings. The Labute approximate surface area is 152 Å². The van der Waals surface area contributed by atoms with E-state index in [1.54, 1.807) is 12.1 Å². The molecule has 0 spiro atoms. The van der Waals surface area contributed by atoms with Gasteiger partial charge in [0.2, 0.25) is 17.6 Å². The molecule has 2 heterocycles. The highest BCUT2D eigenvalue weighted by molar-refractivity contribution is 7.98. The third kappa shape index (κ3) is 3.50. The van der Waals surface area contributed by atoms with Gasteiger partial charge in [0.05, 0.1) is 5.75 Å². The number of nitrogens with zero attached hydrogens (tertiary/aromatic N) is 4. The van der Waals surface area contributed by atoms with Crippen LogP contribution < -0.4 is 0 Å². The van der Waals surface area contributed by atoms with Crippen LogP contribution in [0, 0.1) is 12.7 Å². The second kappa shape index (κ2) is 7.09. The Balaban J connectivity index is 1.44. The molecule has 2 aromatic carbocycles. The first-order chi connectivity index (χ1) is 12.7. The Morgan fingerprint density at radius 3 is 2.65 bits per heavy atom. The van der Waals surface area contributed by atoms with E-state index in [1.807, 2.05) is 31.2 Å². The van der Waals surface area contributed by atoms with Gasteiger partial charge in [-0.25, -0.2) is 4.39 Å². The maximum atomic E-state index is 13.0. The van der Waals surface area contributed by atoms with Gasteiger partial charge >= 0.3 is 0 Å². The minimum atomic E-state index is -0.316. The lowest BCUT2D eigenvalue weighted by atomic mass is 10.1. The van der Waals surface area contributed by atoms with E-state index in [1.165, 1.54) is 23.9 Å². The molecule has 0 aliphatic heterocycles. The van der Waals surface area contributed by atoms with Crippen LogP contribution in [0.25, 0.3) is 22.8 Å². The summed E-state index contributed by atoms with van der Waals surface area (Å²) < 4.78 is 23.8. The molecule has 0 fully saturated rings. The lowest BCUT2D eigenvalue weighted by Gasteiger charge is -1.97. The summed E-state index contributed by atoms with van der Waals surface area (Å²) in [5.41, 5.74) is 2.67. The van der Waals surface area contributed by atoms with Gasteiger partial charge < -0.3 is 8.94 Å². The third-order valence-electron chi connectivity index (χ3n) is 3.67. The summed E-state index contributed by atoms with van der Waals surface area (Å²) in [7, 11) is 0. The predicted molar refractivity (Wildman–Crippen MR) is 93.7 cm³/mol. The smallest absolute Gasteiger partial charge is 0.277 e. The van der Waals surface area contributed by atoms with Crippen molar-refractivity contribution in [1.82, 2.24) is 20.3 Å². The molecule has 4 aromatic rings. The van der Waals surface area contributed by atoms with Crippen molar-refractivity contribution in [2.45, 2.75) is 17.9 Å². The van der Waals surface area contributed by atoms with Gasteiger partial charge in [0.1, 0.15) is 5.82 Å². The number of benzene rings is 2. The molecular formula is C18H13FN4O2S. The fourth-order valence-corrected chi connectivity index (χ4v) is 2.95. The zero-order valence-electron chi connectivity index (χ0n) is 13.7. The van der Waals surface area contributed by atoms with E-state index in [0.29, 0.717) is 34.1 Å². The summed E-state index contributed by atoms with van der Waals surface area (Å²) >= 11 is 1.29. The molecule has 0 amide bonds. The van der Waals surface area contributed by atoms with Crippen LogP contribution in [0.5, 0.6) is 0 Å². The normalized spacial score (nSPS) is 11.0. The topological polar surface area (TPSA) is 77.8 Å². The van der Waals surface area contributed by atoms with E-state index in [-0.39, 0.29) is 5.82 Å². The van der Waals surface area contributed by atoms with Crippen molar-refractivity contribution in [1.29, 1.82) is 0 Å². The van der Waals surface area contributed by atoms with Gasteiger partial charge in [-0.15, -0.1) is 10.2 Å². The maximum Gasteiger partial charge on any atom is 0.277 e. The minimum Gasteiger partial charge on any atom is -0.411 e. The zero-order chi connectivity index (χ0) is 17.9. The van der Waals surface area contributed by atoms with Gasteiger partial charge in [-0.2, -0.15) is 4.98 Å². The van der Waals surface area contributed by atoms with Crippen LogP contribution in [-0.2, 0) is 5.75 Å². The fraction of sp³-hybridized carbons (Fsp3) is 0.111. The molecule has 6 nitrogen and oxygen atoms in total. The second-order valence-corrected chi connectivity index (χ2v) is 6.42. The van der Waals surface area contributed by atoms with Crippen LogP contribution in [0.3, 0.4) is 0 Å². The average molecular weight is 368 g/mol. The van der Waals surface area contributed by atoms with Crippen molar-refractivity contribution in [3.8, 4) is 22.8 Å². The number of rotatable bonds is 5. The number of thioether (sulfide) groups is 1. The first-order valence-electron chi connectivity index (χ1n) is 7.80. The van der Waals surface area contributed by atoms with Gasteiger partial charge in [0, 0.05) is 11.1 Å². The van der Waals surface area contributed by atoms with Crippen molar-refractivity contribution < 1.29 is 13.3 Å². The van der Waals surface area contributed by atoms with Crippen molar-refractivity contribution in [3.05, 3.63) is 65.8 Å². The average Bonchev–Trinajstić information content (AvgIpc) is 3.30. The number of aromatic nitrogens is 4. The molecular weight excluding hydrogens is 355 g/mol. The van der Waals surface area contributed by atoms with Crippen molar-refractivity contribution in [2.75, 3.05) is 0 Å². The molecule has 0 saturated carbocycles. The summed E-state index contributed by atoms with van der Waals surface area (Å²) in [4.78, 5) is 4.40. The molecule has 0 N–H and O–H groups in total. The fourth-order valence-electron chi connectivity index (χ4n) is 2.35. The number of aryl methyl sites for hydroxylation is 1. The second-order valence-electron chi connectivity index (χ2n) is 5.50. The van der Waals surface area contributed by atoms with Gasteiger partial charge in [-0.1, -0.05) is 41.2 Å². The number of hydrogen-bond acceptors (Lipinski definition) is 7. The van der Waals surface area contributed by atoms with E-state index in [0.717, 1.165) is 11.1 Å². The van der Waals surface area contributed by atoms with Crippen molar-refractivity contribution in [2.24, 2.45) is 0 Å². The zero-order valence-corrected chi connectivity index (χ0v) is 14.5. The molecule has 2 aromatic heterocycles. The summed E-state index contributed by atoms with van der Waals surface area (Å²) in [6.07, 6.45) is 0. The Morgan fingerprint density at radius 1 is 1.04 bits per heavy atom. The predicted octanol–water partition coefficient (Wildman–Crippen LogP) is 4.53. The van der Waals surface area contributed by atoms with Crippen LogP contribution in [0.2, 0.25) is 0 Å². The molecule has 8 heteroatoms. The maximum absolute atomic E-state index is 13.0. The Hall–Kier alpha value is -3.00. The summed E-state index contributed by atoms with van der Waals surface area (Å²) in [5, 5.41) is 12.3. The SMILES string of the molecule is Cc1ccccc1-c1noc(CSc2nnc(-c3ccc(F)cc3)o2)n1. The summed E-state index contributed by atoms with van der Waals surface area (Å²) in [5.74, 6) is 1.44. The first-order valence-corrected chi connectivity index (χ1v) is 8.78. The Morgan fingerprint density at radius 2 is 1.85 bits per heavy atom. The van der Waals surface area contributed by atoms with Crippen molar-refractivity contribution in [3.63, 3.8) is 0 Å². The van der Waals surface area contributed by atoms with E-state index >= 15 is 0 Å². The van der Waals surface area contributed by atoms with Gasteiger partial charge in [0.25, 0.3) is 5.22 Å². The van der Waals surface area contributed by atoms with Crippen LogP contribution in [0.15, 0.2) is 62.7 Å². The highest BCUT2D eigenvalue weighted by Gasteiger charge is 2.14. The standard InChI is InChI=1S/C18H13FN4O2S/c1-11-4-2-3-5-14(11)16-20-15(25-23-16)10-26-18-22-21-17(24-18)12-6-8-13(19)9-7-12/h2-9H,10H2,1H3. The van der Waals surface area contributed by atoms with E-state index in [9.17, 15) is 4.39 Å². The molecule has 26 heavy (non-hydrogen) atoms. The highest BCUT2D eigenvalue weighted by atomic mass is 32.2. The van der Waals surface area contributed by atoms with Crippen LogP contribution >= 0.6 is 11.8 Å². The number of halogens is 1. The first kappa shape index (κ1) is 16.5. The lowest BCUT2D eigenvalue weighted by Crippen LogP contribution is -1.85. The highest BCUT2D eigenvalue weighted by Crippen LogP contribution is 2.26. The van der Waals surface area contributed by atoms with Crippen molar-refractivity contribution >= 4 is 11.8 Å². The summed E-state index contributed by atoms with van der Waals surface area (Å²) in [6, 6.07) is 13.7. The Bertz CT molecular complexity index is 1030. The molecule has 0 saturated heterocycles. The third-order valence-corrected chi connectivity index (χ3v) is 4.47. The van der Waals surface area contributed by atoms with Crippen LogP contribution in [-0.4, -0.2) is 20.3 Å². The van der Waals surface area contributed by atoms with Gasteiger partial charge in [-0.05, 0) is 36.8 Å². The molecule has 0 atom stereocenters. The molecule has 130 valence electrons. The van der Waals surface area contributed by atoms with Gasteiger partial charge in [0.15, 0.2) is 0 Å². The monoisotopic (exact) mass is 368 g/mol. The van der Waals surface area contributed by atoms with Gasteiger partial charge in [-0.3, -0.25) is 0 Å². The minimum absolute atomic E-state index is 0.316. The largest absolute Gasteiger partial charge is 0.411 e. The molecule has 0 bridgehead atoms. The summed E-state index contributed by atoms with van der Waals surface area (Å²) in [6.45, 7) is 2.00. The quantitative estimate of drug-likeness (QED) is 0.479. The lowest BCUT2D eigenvalue weighted by molar-refractivity contribution is 0.391.